The zero-order valence-electron chi connectivity index (χ0n) is 9.27. The van der Waals surface area contributed by atoms with E-state index in [-0.39, 0.29) is 5.84 Å². The number of nitrogens with zero attached hydrogens (tertiary/aromatic N) is 1. The molecular weight excluding hydrogens is 288 g/mol. The Labute approximate surface area is 108 Å². The molecule has 0 spiro atoms. The molecule has 1 aromatic rings. The fourth-order valence-corrected chi connectivity index (χ4v) is 2.93. The molecular formula is C11H15BrN2OS. The zero-order chi connectivity index (χ0) is 12.1. The van der Waals surface area contributed by atoms with Crippen molar-refractivity contribution in [2.24, 2.45) is 16.8 Å². The fraction of sp³-hybridized carbons (Fsp3) is 0.364. The molecule has 0 fully saturated rings. The zero-order valence-corrected chi connectivity index (χ0v) is 11.7. The number of hydrogen-bond acceptors (Lipinski definition) is 3. The Kier molecular flexibility index (Phi) is 5.15. The Morgan fingerprint density at radius 3 is 2.81 bits per heavy atom. The van der Waals surface area contributed by atoms with Crippen LogP contribution in [-0.4, -0.2) is 16.8 Å². The smallest absolute Gasteiger partial charge is 0.172 e. The third-order valence-corrected chi connectivity index (χ3v) is 4.06. The Balaban J connectivity index is 3.03. The first kappa shape index (κ1) is 13.4. The molecule has 0 aliphatic heterocycles. The maximum absolute atomic E-state index is 8.75. The molecule has 0 aliphatic rings. The van der Waals surface area contributed by atoms with Crippen LogP contribution in [0, 0.1) is 5.92 Å². The van der Waals surface area contributed by atoms with Gasteiger partial charge in [-0.1, -0.05) is 25.1 Å². The first-order valence-corrected chi connectivity index (χ1v) is 6.73. The summed E-state index contributed by atoms with van der Waals surface area (Å²) in [6.07, 6.45) is 0. The van der Waals surface area contributed by atoms with Crippen molar-refractivity contribution >= 4 is 33.5 Å². The molecule has 3 N–H and O–H groups in total. The van der Waals surface area contributed by atoms with Gasteiger partial charge in [-0.05, 0) is 34.0 Å². The Morgan fingerprint density at radius 1 is 1.56 bits per heavy atom. The second-order valence-corrected chi connectivity index (χ2v) is 5.72. The summed E-state index contributed by atoms with van der Waals surface area (Å²) >= 11 is 5.12. The SMILES string of the molecule is CC(C)CSc1cccc(Br)c1/C(N)=N/O. The molecule has 16 heavy (non-hydrogen) atoms. The minimum Gasteiger partial charge on any atom is -0.409 e. The third-order valence-electron chi connectivity index (χ3n) is 1.91. The first-order chi connectivity index (χ1) is 7.56. The van der Waals surface area contributed by atoms with E-state index in [4.69, 9.17) is 10.9 Å². The summed E-state index contributed by atoms with van der Waals surface area (Å²) in [6.45, 7) is 4.32. The van der Waals surface area contributed by atoms with Crippen LogP contribution in [0.4, 0.5) is 0 Å². The van der Waals surface area contributed by atoms with Gasteiger partial charge in [-0.3, -0.25) is 0 Å². The fourth-order valence-electron chi connectivity index (χ4n) is 1.18. The number of benzene rings is 1. The summed E-state index contributed by atoms with van der Waals surface area (Å²) in [4.78, 5) is 1.03. The highest BCUT2D eigenvalue weighted by molar-refractivity contribution is 9.10. The van der Waals surface area contributed by atoms with Gasteiger partial charge < -0.3 is 10.9 Å². The predicted octanol–water partition coefficient (Wildman–Crippen LogP) is 3.29. The van der Waals surface area contributed by atoms with E-state index in [0.717, 1.165) is 20.7 Å². The molecule has 0 saturated carbocycles. The van der Waals surface area contributed by atoms with Crippen molar-refractivity contribution in [1.82, 2.24) is 0 Å². The summed E-state index contributed by atoms with van der Waals surface area (Å²) in [5.74, 6) is 1.74. The number of thioether (sulfide) groups is 1. The van der Waals surface area contributed by atoms with E-state index in [0.29, 0.717) is 5.92 Å². The van der Waals surface area contributed by atoms with Crippen LogP contribution in [0.5, 0.6) is 0 Å². The molecule has 0 atom stereocenters. The summed E-state index contributed by atoms with van der Waals surface area (Å²) < 4.78 is 0.844. The molecule has 1 rings (SSSR count). The lowest BCUT2D eigenvalue weighted by atomic mass is 10.2. The van der Waals surface area contributed by atoms with Gasteiger partial charge in [-0.25, -0.2) is 0 Å². The molecule has 3 nitrogen and oxygen atoms in total. The van der Waals surface area contributed by atoms with Crippen molar-refractivity contribution in [3.8, 4) is 0 Å². The second kappa shape index (κ2) is 6.15. The van der Waals surface area contributed by atoms with Gasteiger partial charge in [0.1, 0.15) is 0 Å². The van der Waals surface area contributed by atoms with Crippen LogP contribution in [0.15, 0.2) is 32.7 Å². The van der Waals surface area contributed by atoms with Gasteiger partial charge in [0.15, 0.2) is 5.84 Å². The van der Waals surface area contributed by atoms with Crippen LogP contribution in [0.3, 0.4) is 0 Å². The Morgan fingerprint density at radius 2 is 2.25 bits per heavy atom. The van der Waals surface area contributed by atoms with Gasteiger partial charge >= 0.3 is 0 Å². The predicted molar refractivity (Wildman–Crippen MR) is 72.2 cm³/mol. The van der Waals surface area contributed by atoms with Crippen LogP contribution < -0.4 is 5.73 Å². The average Bonchev–Trinajstić information content (AvgIpc) is 2.25. The maximum atomic E-state index is 8.75. The van der Waals surface area contributed by atoms with E-state index < -0.39 is 0 Å². The summed E-state index contributed by atoms with van der Waals surface area (Å²) in [5.41, 5.74) is 6.42. The average molecular weight is 303 g/mol. The molecule has 0 bridgehead atoms. The lowest BCUT2D eigenvalue weighted by molar-refractivity contribution is 0.318. The van der Waals surface area contributed by atoms with Crippen molar-refractivity contribution in [1.29, 1.82) is 0 Å². The van der Waals surface area contributed by atoms with Crippen LogP contribution in [-0.2, 0) is 0 Å². The van der Waals surface area contributed by atoms with E-state index in [2.05, 4.69) is 34.9 Å². The minimum atomic E-state index is 0.138. The van der Waals surface area contributed by atoms with Crippen molar-refractivity contribution in [2.45, 2.75) is 18.7 Å². The van der Waals surface area contributed by atoms with Crippen molar-refractivity contribution in [3.05, 3.63) is 28.2 Å². The monoisotopic (exact) mass is 302 g/mol. The summed E-state index contributed by atoms with van der Waals surface area (Å²) in [7, 11) is 0. The highest BCUT2D eigenvalue weighted by atomic mass is 79.9. The Bertz CT molecular complexity index is 394. The van der Waals surface area contributed by atoms with Gasteiger partial charge in [0.25, 0.3) is 0 Å². The number of rotatable bonds is 4. The highest BCUT2D eigenvalue weighted by Gasteiger charge is 2.11. The standard InChI is InChI=1S/C11H15BrN2OS/c1-7(2)6-16-9-5-3-4-8(12)10(9)11(13)14-15/h3-5,7,15H,6H2,1-2H3,(H2,13,14). The van der Waals surface area contributed by atoms with Gasteiger partial charge in [-0.2, -0.15) is 0 Å². The van der Waals surface area contributed by atoms with Gasteiger partial charge in [0.05, 0.1) is 0 Å². The molecule has 0 saturated heterocycles. The van der Waals surface area contributed by atoms with Gasteiger partial charge in [0, 0.05) is 20.7 Å². The topological polar surface area (TPSA) is 58.6 Å². The minimum absolute atomic E-state index is 0.138. The van der Waals surface area contributed by atoms with Crippen molar-refractivity contribution < 1.29 is 5.21 Å². The van der Waals surface area contributed by atoms with E-state index in [1.165, 1.54) is 0 Å². The third kappa shape index (κ3) is 3.42. The lowest BCUT2D eigenvalue weighted by Crippen LogP contribution is -2.15. The molecule has 0 radical (unpaired) electrons. The number of oxime groups is 1. The molecule has 88 valence electrons. The highest BCUT2D eigenvalue weighted by Crippen LogP contribution is 2.29. The maximum Gasteiger partial charge on any atom is 0.172 e. The quantitative estimate of drug-likeness (QED) is 0.295. The van der Waals surface area contributed by atoms with Crippen LogP contribution in [0.1, 0.15) is 19.4 Å². The van der Waals surface area contributed by atoms with Crippen LogP contribution in [0.2, 0.25) is 0 Å². The first-order valence-electron chi connectivity index (χ1n) is 4.95. The number of hydrogen-bond donors (Lipinski definition) is 2. The number of nitrogens with two attached hydrogens (primary N) is 1. The normalized spacial score (nSPS) is 12.1. The molecule has 1 aromatic carbocycles. The molecule has 0 aromatic heterocycles. The van der Waals surface area contributed by atoms with Gasteiger partial charge in [0.2, 0.25) is 0 Å². The van der Waals surface area contributed by atoms with Crippen LogP contribution in [0.25, 0.3) is 0 Å². The number of amidine groups is 1. The second-order valence-electron chi connectivity index (χ2n) is 3.80. The lowest BCUT2D eigenvalue weighted by Gasteiger charge is -2.11. The van der Waals surface area contributed by atoms with E-state index in [1.54, 1.807) is 11.8 Å². The molecule has 0 unspecified atom stereocenters. The molecule has 0 heterocycles. The van der Waals surface area contributed by atoms with Crippen molar-refractivity contribution in [3.63, 3.8) is 0 Å². The van der Waals surface area contributed by atoms with E-state index >= 15 is 0 Å². The Hall–Kier alpha value is -0.680. The van der Waals surface area contributed by atoms with E-state index in [1.807, 2.05) is 18.2 Å². The molecule has 5 heteroatoms. The van der Waals surface area contributed by atoms with Crippen molar-refractivity contribution in [2.75, 3.05) is 5.75 Å². The molecule has 0 amide bonds. The number of halogens is 1. The van der Waals surface area contributed by atoms with Crippen LogP contribution >= 0.6 is 27.7 Å². The molecule has 0 aliphatic carbocycles. The largest absolute Gasteiger partial charge is 0.409 e. The summed E-state index contributed by atoms with van der Waals surface area (Å²) in [6, 6.07) is 5.80. The summed E-state index contributed by atoms with van der Waals surface area (Å²) in [5, 5.41) is 11.8. The van der Waals surface area contributed by atoms with E-state index in [9.17, 15) is 0 Å². The van der Waals surface area contributed by atoms with Gasteiger partial charge in [-0.15, -0.1) is 11.8 Å².